The first-order valence-electron chi connectivity index (χ1n) is 7.55. The number of halogens is 1. The molecular formula is C16H10FN7O3. The van der Waals surface area contributed by atoms with Crippen LogP contribution in [0.4, 0.5) is 4.39 Å². The van der Waals surface area contributed by atoms with Gasteiger partial charge in [-0.15, -0.1) is 5.10 Å². The van der Waals surface area contributed by atoms with Crippen LogP contribution in [-0.2, 0) is 0 Å². The van der Waals surface area contributed by atoms with Gasteiger partial charge in [0, 0.05) is 22.8 Å². The molecule has 11 heteroatoms. The van der Waals surface area contributed by atoms with Crippen LogP contribution in [0.25, 0.3) is 33.8 Å². The Balaban J connectivity index is 1.97. The topological polar surface area (TPSA) is 164 Å². The zero-order valence-electron chi connectivity index (χ0n) is 13.4. The summed E-state index contributed by atoms with van der Waals surface area (Å²) in [4.78, 5) is 30.0. The monoisotopic (exact) mass is 367 g/mol. The van der Waals surface area contributed by atoms with E-state index in [1.165, 1.54) is 12.1 Å². The molecule has 4 rings (SSSR count). The fraction of sp³-hybridized carbons (Fsp3) is 0. The molecule has 2 heterocycles. The summed E-state index contributed by atoms with van der Waals surface area (Å²) in [5.74, 6) is -2.16. The number of carbonyl (C=O) groups is 2. The highest BCUT2D eigenvalue weighted by Crippen LogP contribution is 2.31. The van der Waals surface area contributed by atoms with Crippen molar-refractivity contribution < 1.29 is 19.1 Å². The standard InChI is InChI=1S/C16H10FN7O3/c17-7-4-10(16(26)27)12-11(5-7)19-14(20-12)8-2-1-6(13(18)25)3-9(8)15-21-23-24-22-15/h1-5H,(H2,18,25)(H,19,20)(H,26,27)(H,21,22,23,24). The van der Waals surface area contributed by atoms with Gasteiger partial charge in [-0.3, -0.25) is 4.79 Å². The van der Waals surface area contributed by atoms with Crippen LogP contribution in [-0.4, -0.2) is 47.6 Å². The number of hydrogen-bond donors (Lipinski definition) is 4. The molecule has 0 atom stereocenters. The maximum Gasteiger partial charge on any atom is 0.338 e. The van der Waals surface area contributed by atoms with Gasteiger partial charge in [0.2, 0.25) is 5.91 Å². The Morgan fingerprint density at radius 3 is 2.59 bits per heavy atom. The van der Waals surface area contributed by atoms with Gasteiger partial charge in [0.05, 0.1) is 16.6 Å². The lowest BCUT2D eigenvalue weighted by molar-refractivity contribution is 0.0698. The van der Waals surface area contributed by atoms with Crippen molar-refractivity contribution in [3.63, 3.8) is 0 Å². The smallest absolute Gasteiger partial charge is 0.338 e. The maximum atomic E-state index is 13.7. The second-order valence-electron chi connectivity index (χ2n) is 5.61. The molecule has 0 aliphatic heterocycles. The molecule has 0 bridgehead atoms. The third kappa shape index (κ3) is 2.76. The van der Waals surface area contributed by atoms with E-state index in [1.54, 1.807) is 6.07 Å². The molecule has 10 nitrogen and oxygen atoms in total. The number of H-pyrrole nitrogens is 2. The van der Waals surface area contributed by atoms with Gasteiger partial charge in [-0.1, -0.05) is 0 Å². The van der Waals surface area contributed by atoms with E-state index >= 15 is 0 Å². The van der Waals surface area contributed by atoms with Crippen molar-refractivity contribution in [2.45, 2.75) is 0 Å². The number of nitrogens with one attached hydrogen (secondary N) is 2. The Morgan fingerprint density at radius 2 is 1.93 bits per heavy atom. The Labute approximate surface area is 149 Å². The van der Waals surface area contributed by atoms with Crippen molar-refractivity contribution in [3.8, 4) is 22.8 Å². The highest BCUT2D eigenvalue weighted by Gasteiger charge is 2.19. The van der Waals surface area contributed by atoms with Gasteiger partial charge in [-0.2, -0.15) is 0 Å². The number of aromatic nitrogens is 6. The first-order valence-corrected chi connectivity index (χ1v) is 7.55. The molecule has 1 amide bonds. The van der Waals surface area contributed by atoms with Crippen LogP contribution in [0.15, 0.2) is 30.3 Å². The Bertz CT molecular complexity index is 1200. The molecule has 2 aromatic heterocycles. The van der Waals surface area contributed by atoms with Crippen LogP contribution in [0.3, 0.4) is 0 Å². The van der Waals surface area contributed by atoms with Gasteiger partial charge in [0.25, 0.3) is 0 Å². The number of imidazole rings is 1. The molecule has 0 radical (unpaired) electrons. The van der Waals surface area contributed by atoms with E-state index in [1.807, 2.05) is 0 Å². The molecule has 2 aromatic carbocycles. The minimum atomic E-state index is -1.29. The van der Waals surface area contributed by atoms with Gasteiger partial charge < -0.3 is 15.8 Å². The number of carboxylic acids is 1. The molecule has 134 valence electrons. The lowest BCUT2D eigenvalue weighted by Gasteiger charge is -2.06. The molecule has 0 fully saturated rings. The summed E-state index contributed by atoms with van der Waals surface area (Å²) < 4.78 is 13.7. The summed E-state index contributed by atoms with van der Waals surface area (Å²) in [6.45, 7) is 0. The summed E-state index contributed by atoms with van der Waals surface area (Å²) in [7, 11) is 0. The Kier molecular flexibility index (Phi) is 3.62. The van der Waals surface area contributed by atoms with Crippen molar-refractivity contribution >= 4 is 22.9 Å². The maximum absolute atomic E-state index is 13.7. The van der Waals surface area contributed by atoms with Crippen molar-refractivity contribution in [2.75, 3.05) is 0 Å². The van der Waals surface area contributed by atoms with E-state index in [0.29, 0.717) is 11.1 Å². The summed E-state index contributed by atoms with van der Waals surface area (Å²) in [5, 5.41) is 22.7. The highest BCUT2D eigenvalue weighted by atomic mass is 19.1. The lowest BCUT2D eigenvalue weighted by Crippen LogP contribution is -2.11. The first-order chi connectivity index (χ1) is 12.9. The van der Waals surface area contributed by atoms with Gasteiger partial charge >= 0.3 is 5.97 Å². The number of rotatable bonds is 4. The SMILES string of the molecule is NC(=O)c1ccc(-c2nc3cc(F)cc(C(=O)O)c3[nH]2)c(-c2nnn[nH]2)c1. The van der Waals surface area contributed by atoms with Gasteiger partial charge in [0.1, 0.15) is 11.6 Å². The van der Waals surface area contributed by atoms with Crippen LogP contribution in [0.1, 0.15) is 20.7 Å². The third-order valence-electron chi connectivity index (χ3n) is 3.95. The summed E-state index contributed by atoms with van der Waals surface area (Å²) in [5.41, 5.74) is 6.48. The van der Waals surface area contributed by atoms with Crippen LogP contribution in [0.5, 0.6) is 0 Å². The number of tetrazole rings is 1. The van der Waals surface area contributed by atoms with E-state index in [0.717, 1.165) is 12.1 Å². The summed E-state index contributed by atoms with van der Waals surface area (Å²) >= 11 is 0. The van der Waals surface area contributed by atoms with Crippen LogP contribution in [0.2, 0.25) is 0 Å². The lowest BCUT2D eigenvalue weighted by atomic mass is 10.0. The number of carbonyl (C=O) groups excluding carboxylic acids is 1. The number of benzene rings is 2. The fourth-order valence-corrected chi connectivity index (χ4v) is 2.75. The number of nitrogens with two attached hydrogens (primary N) is 1. The molecular weight excluding hydrogens is 357 g/mol. The summed E-state index contributed by atoms with van der Waals surface area (Å²) in [6, 6.07) is 6.55. The number of nitrogens with zero attached hydrogens (tertiary/aromatic N) is 4. The van der Waals surface area contributed by atoms with Crippen LogP contribution < -0.4 is 5.73 Å². The second-order valence-corrected chi connectivity index (χ2v) is 5.61. The fourth-order valence-electron chi connectivity index (χ4n) is 2.75. The van der Waals surface area contributed by atoms with Crippen LogP contribution in [0, 0.1) is 5.82 Å². The van der Waals surface area contributed by atoms with Gasteiger partial charge in [0.15, 0.2) is 5.82 Å². The third-order valence-corrected chi connectivity index (χ3v) is 3.95. The molecule has 0 aliphatic carbocycles. The first kappa shape index (κ1) is 16.3. The number of amides is 1. The zero-order chi connectivity index (χ0) is 19.1. The second kappa shape index (κ2) is 5.98. The average molecular weight is 367 g/mol. The van der Waals surface area contributed by atoms with Crippen molar-refractivity contribution in [2.24, 2.45) is 5.73 Å². The molecule has 27 heavy (non-hydrogen) atoms. The van der Waals surface area contributed by atoms with Gasteiger partial charge in [-0.25, -0.2) is 19.3 Å². The van der Waals surface area contributed by atoms with E-state index < -0.39 is 17.7 Å². The predicted molar refractivity (Wildman–Crippen MR) is 90.1 cm³/mol. The number of primary amides is 1. The number of aromatic amines is 2. The molecule has 4 aromatic rings. The van der Waals surface area contributed by atoms with E-state index in [4.69, 9.17) is 5.73 Å². The normalized spacial score (nSPS) is 11.0. The molecule has 0 aliphatic rings. The van der Waals surface area contributed by atoms with E-state index in [2.05, 4.69) is 30.6 Å². The van der Waals surface area contributed by atoms with Crippen molar-refractivity contribution in [1.29, 1.82) is 0 Å². The summed E-state index contributed by atoms with van der Waals surface area (Å²) in [6.07, 6.45) is 0. The molecule has 0 spiro atoms. The number of carboxylic acid groups (broad SMARTS) is 1. The zero-order valence-corrected chi connectivity index (χ0v) is 13.4. The average Bonchev–Trinajstić information content (AvgIpc) is 3.29. The molecule has 0 saturated carbocycles. The quantitative estimate of drug-likeness (QED) is 0.423. The molecule has 5 N–H and O–H groups in total. The Hall–Kier alpha value is -4.15. The number of fused-ring (bicyclic) bond motifs is 1. The van der Waals surface area contributed by atoms with Gasteiger partial charge in [-0.05, 0) is 34.7 Å². The van der Waals surface area contributed by atoms with E-state index in [-0.39, 0.29) is 33.8 Å². The predicted octanol–water partition coefficient (Wildman–Crippen LogP) is 1.35. The highest BCUT2D eigenvalue weighted by molar-refractivity contribution is 6.02. The molecule has 0 saturated heterocycles. The largest absolute Gasteiger partial charge is 0.478 e. The Morgan fingerprint density at radius 1 is 1.11 bits per heavy atom. The number of hydrogen-bond acceptors (Lipinski definition) is 6. The van der Waals surface area contributed by atoms with Crippen molar-refractivity contribution in [1.82, 2.24) is 30.6 Å². The van der Waals surface area contributed by atoms with Crippen LogP contribution >= 0.6 is 0 Å². The molecule has 0 unspecified atom stereocenters. The number of aromatic carboxylic acids is 1. The van der Waals surface area contributed by atoms with E-state index in [9.17, 15) is 19.1 Å². The van der Waals surface area contributed by atoms with Crippen molar-refractivity contribution in [3.05, 3.63) is 47.3 Å². The minimum Gasteiger partial charge on any atom is -0.478 e. The minimum absolute atomic E-state index is 0.142.